The number of rotatable bonds is 4. The smallest absolute Gasteiger partial charge is 0.226 e. The van der Waals surface area contributed by atoms with E-state index in [-0.39, 0.29) is 11.6 Å². The summed E-state index contributed by atoms with van der Waals surface area (Å²) in [7, 11) is 0. The molecule has 1 aromatic carbocycles. The van der Waals surface area contributed by atoms with Gasteiger partial charge in [-0.2, -0.15) is 0 Å². The summed E-state index contributed by atoms with van der Waals surface area (Å²) in [6.45, 7) is 17.1. The largest absolute Gasteiger partial charge is 0.371 e. The van der Waals surface area contributed by atoms with E-state index in [4.69, 9.17) is 11.3 Å². The molecule has 21 heavy (non-hydrogen) atoms. The Morgan fingerprint density at radius 1 is 1.24 bits per heavy atom. The molecule has 1 saturated heterocycles. The van der Waals surface area contributed by atoms with Crippen molar-refractivity contribution in [1.29, 1.82) is 0 Å². The van der Waals surface area contributed by atoms with Gasteiger partial charge >= 0.3 is 0 Å². The van der Waals surface area contributed by atoms with Gasteiger partial charge in [0.05, 0.1) is 12.2 Å². The highest BCUT2D eigenvalue weighted by Crippen LogP contribution is 2.18. The lowest BCUT2D eigenvalue weighted by Crippen LogP contribution is -2.34. The predicted molar refractivity (Wildman–Crippen MR) is 85.9 cm³/mol. The molecule has 0 spiro atoms. The van der Waals surface area contributed by atoms with Gasteiger partial charge in [-0.3, -0.25) is 4.90 Å². The number of nitrogens with zero attached hydrogens (tertiary/aromatic N) is 2. The Morgan fingerprint density at radius 2 is 1.90 bits per heavy atom. The summed E-state index contributed by atoms with van der Waals surface area (Å²) >= 11 is 0. The van der Waals surface area contributed by atoms with Crippen LogP contribution >= 0.6 is 0 Å². The number of ether oxygens (including phenoxy) is 1. The quantitative estimate of drug-likeness (QED) is 0.781. The molecule has 1 heterocycles. The van der Waals surface area contributed by atoms with Crippen molar-refractivity contribution in [2.75, 3.05) is 13.1 Å². The van der Waals surface area contributed by atoms with Gasteiger partial charge in [0.15, 0.2) is 0 Å². The SMILES string of the molecule is [C-]#[N+]C1CCN(Cc2cccc(COC(C)(C)C)c2)CC1. The summed E-state index contributed by atoms with van der Waals surface area (Å²) in [5.41, 5.74) is 2.47. The molecule has 0 aromatic heterocycles. The number of likely N-dealkylation sites (tertiary alicyclic amines) is 1. The average Bonchev–Trinajstić information content (AvgIpc) is 2.46. The van der Waals surface area contributed by atoms with Gasteiger partial charge in [0.2, 0.25) is 6.04 Å². The Hall–Kier alpha value is -1.37. The van der Waals surface area contributed by atoms with Crippen molar-refractivity contribution in [3.8, 4) is 0 Å². The first-order chi connectivity index (χ1) is 9.96. The van der Waals surface area contributed by atoms with Gasteiger partial charge in [0.25, 0.3) is 0 Å². The molecule has 1 fully saturated rings. The molecule has 114 valence electrons. The first-order valence-corrected chi connectivity index (χ1v) is 7.77. The molecule has 0 atom stereocenters. The summed E-state index contributed by atoms with van der Waals surface area (Å²) < 4.78 is 5.84. The number of hydrogen-bond acceptors (Lipinski definition) is 2. The zero-order chi connectivity index (χ0) is 15.3. The van der Waals surface area contributed by atoms with E-state index in [1.807, 2.05) is 0 Å². The number of benzene rings is 1. The van der Waals surface area contributed by atoms with Crippen LogP contribution in [0.4, 0.5) is 0 Å². The van der Waals surface area contributed by atoms with E-state index in [0.717, 1.165) is 32.5 Å². The molecule has 0 bridgehead atoms. The minimum atomic E-state index is -0.0996. The van der Waals surface area contributed by atoms with E-state index < -0.39 is 0 Å². The highest BCUT2D eigenvalue weighted by atomic mass is 16.5. The molecule has 0 amide bonds. The number of piperidine rings is 1. The average molecular weight is 286 g/mol. The lowest BCUT2D eigenvalue weighted by molar-refractivity contribution is -0.0150. The molecule has 3 nitrogen and oxygen atoms in total. The summed E-state index contributed by atoms with van der Waals surface area (Å²) in [5.74, 6) is 0. The van der Waals surface area contributed by atoms with Crippen LogP contribution in [0.1, 0.15) is 44.7 Å². The Kier molecular flexibility index (Phi) is 5.39. The van der Waals surface area contributed by atoms with Crippen LogP contribution in [0, 0.1) is 6.57 Å². The van der Waals surface area contributed by atoms with Gasteiger partial charge in [-0.1, -0.05) is 24.3 Å². The first-order valence-electron chi connectivity index (χ1n) is 7.77. The first kappa shape index (κ1) is 16.0. The molecule has 1 aromatic rings. The Balaban J connectivity index is 1.88. The van der Waals surface area contributed by atoms with Gasteiger partial charge in [-0.25, -0.2) is 6.57 Å². The minimum Gasteiger partial charge on any atom is -0.371 e. The predicted octanol–water partition coefficient (Wildman–Crippen LogP) is 3.89. The maximum Gasteiger partial charge on any atom is 0.226 e. The number of hydrogen-bond donors (Lipinski definition) is 0. The summed E-state index contributed by atoms with van der Waals surface area (Å²) in [6, 6.07) is 8.91. The fraction of sp³-hybridized carbons (Fsp3) is 0.611. The second-order valence-electron chi connectivity index (χ2n) is 6.86. The van der Waals surface area contributed by atoms with Crippen LogP contribution in [-0.2, 0) is 17.9 Å². The third kappa shape index (κ3) is 5.49. The Labute approximate surface area is 128 Å². The Bertz CT molecular complexity index is 491. The standard InChI is InChI=1S/C18H26N2O/c1-18(2,3)21-14-16-7-5-6-15(12-16)13-20-10-8-17(19-4)9-11-20/h5-7,12,17H,8-11,13-14H2,1-3H3. The normalized spacial score (nSPS) is 17.6. The fourth-order valence-corrected chi connectivity index (χ4v) is 2.58. The van der Waals surface area contributed by atoms with Crippen molar-refractivity contribution in [3.63, 3.8) is 0 Å². The van der Waals surface area contributed by atoms with Crippen molar-refractivity contribution in [3.05, 3.63) is 46.8 Å². The molecule has 0 saturated carbocycles. The van der Waals surface area contributed by atoms with Crippen LogP contribution in [-0.4, -0.2) is 29.6 Å². The second-order valence-corrected chi connectivity index (χ2v) is 6.86. The maximum atomic E-state index is 7.10. The lowest BCUT2D eigenvalue weighted by atomic mass is 10.0. The summed E-state index contributed by atoms with van der Waals surface area (Å²) in [4.78, 5) is 6.11. The summed E-state index contributed by atoms with van der Waals surface area (Å²) in [5, 5.41) is 0. The monoisotopic (exact) mass is 286 g/mol. The van der Waals surface area contributed by atoms with Crippen LogP contribution in [0.2, 0.25) is 0 Å². The van der Waals surface area contributed by atoms with E-state index in [2.05, 4.69) is 54.8 Å². The maximum absolute atomic E-state index is 7.10. The molecule has 2 rings (SSSR count). The van der Waals surface area contributed by atoms with Crippen molar-refractivity contribution in [1.82, 2.24) is 4.90 Å². The van der Waals surface area contributed by atoms with Crippen LogP contribution in [0.3, 0.4) is 0 Å². The van der Waals surface area contributed by atoms with E-state index >= 15 is 0 Å². The lowest BCUT2D eigenvalue weighted by Gasteiger charge is -2.27. The zero-order valence-corrected chi connectivity index (χ0v) is 13.4. The molecular formula is C18H26N2O. The molecule has 0 radical (unpaired) electrons. The zero-order valence-electron chi connectivity index (χ0n) is 13.4. The van der Waals surface area contributed by atoms with Crippen molar-refractivity contribution in [2.24, 2.45) is 0 Å². The molecule has 1 aliphatic heterocycles. The van der Waals surface area contributed by atoms with E-state index in [1.54, 1.807) is 0 Å². The molecule has 1 aliphatic rings. The molecule has 3 heteroatoms. The van der Waals surface area contributed by atoms with Crippen molar-refractivity contribution in [2.45, 2.75) is 58.4 Å². The summed E-state index contributed by atoms with van der Waals surface area (Å²) in [6.07, 6.45) is 2.02. The van der Waals surface area contributed by atoms with Gasteiger partial charge in [-0.05, 0) is 31.9 Å². The molecule has 0 aliphatic carbocycles. The molecular weight excluding hydrogens is 260 g/mol. The second kappa shape index (κ2) is 7.06. The van der Waals surface area contributed by atoms with Crippen LogP contribution in [0.25, 0.3) is 4.85 Å². The van der Waals surface area contributed by atoms with Crippen LogP contribution in [0.15, 0.2) is 24.3 Å². The molecule has 0 unspecified atom stereocenters. The van der Waals surface area contributed by atoms with Crippen molar-refractivity contribution >= 4 is 0 Å². The topological polar surface area (TPSA) is 16.8 Å². The highest BCUT2D eigenvalue weighted by molar-refractivity contribution is 5.23. The van der Waals surface area contributed by atoms with Gasteiger partial charge < -0.3 is 9.58 Å². The van der Waals surface area contributed by atoms with Crippen LogP contribution < -0.4 is 0 Å². The van der Waals surface area contributed by atoms with E-state index in [9.17, 15) is 0 Å². The third-order valence-corrected chi connectivity index (χ3v) is 3.81. The third-order valence-electron chi connectivity index (χ3n) is 3.81. The Morgan fingerprint density at radius 3 is 2.52 bits per heavy atom. The van der Waals surface area contributed by atoms with Crippen LogP contribution in [0.5, 0.6) is 0 Å². The highest BCUT2D eigenvalue weighted by Gasteiger charge is 2.22. The van der Waals surface area contributed by atoms with Gasteiger partial charge in [0.1, 0.15) is 0 Å². The minimum absolute atomic E-state index is 0.0996. The van der Waals surface area contributed by atoms with E-state index in [0.29, 0.717) is 6.61 Å². The van der Waals surface area contributed by atoms with E-state index in [1.165, 1.54) is 11.1 Å². The van der Waals surface area contributed by atoms with Gasteiger partial charge in [-0.15, -0.1) is 0 Å². The van der Waals surface area contributed by atoms with Crippen molar-refractivity contribution < 1.29 is 4.74 Å². The fourth-order valence-electron chi connectivity index (χ4n) is 2.58. The molecule has 0 N–H and O–H groups in total. The van der Waals surface area contributed by atoms with Gasteiger partial charge in [0, 0.05) is 32.5 Å².